The fourth-order valence-corrected chi connectivity index (χ4v) is 1.74. The first-order valence-electron chi connectivity index (χ1n) is 6.33. The highest BCUT2D eigenvalue weighted by Crippen LogP contribution is 2.10. The Balaban J connectivity index is 2.72. The summed E-state index contributed by atoms with van der Waals surface area (Å²) >= 11 is 0. The number of nitrogens with zero attached hydrogens (tertiary/aromatic N) is 1. The molecule has 2 N–H and O–H groups in total. The Bertz CT molecular complexity index is 346. The Labute approximate surface area is 104 Å². The second-order valence-electron chi connectivity index (χ2n) is 4.27. The Morgan fingerprint density at radius 2 is 1.76 bits per heavy atom. The van der Waals surface area contributed by atoms with E-state index in [0.29, 0.717) is 5.69 Å². The summed E-state index contributed by atoms with van der Waals surface area (Å²) in [7, 11) is 0. The van der Waals surface area contributed by atoms with Crippen LogP contribution in [0.3, 0.4) is 0 Å². The number of unbranched alkanes of at least 4 members (excludes halogenated alkanes) is 1. The van der Waals surface area contributed by atoms with Crippen LogP contribution in [0, 0.1) is 0 Å². The molecule has 0 saturated carbocycles. The molecule has 0 unspecified atom stereocenters. The summed E-state index contributed by atoms with van der Waals surface area (Å²) in [6, 6.07) is 7.15. The summed E-state index contributed by atoms with van der Waals surface area (Å²) in [6.07, 6.45) is 3.15. The number of hydrogen-bond acceptors (Lipinski definition) is 2. The zero-order valence-electron chi connectivity index (χ0n) is 10.8. The molecule has 3 heteroatoms. The van der Waals surface area contributed by atoms with Crippen LogP contribution in [0.5, 0.6) is 0 Å². The van der Waals surface area contributed by atoms with Gasteiger partial charge in [-0.05, 0) is 37.1 Å². The van der Waals surface area contributed by atoms with Crippen LogP contribution < -0.4 is 5.73 Å². The van der Waals surface area contributed by atoms with Crippen LogP contribution in [0.15, 0.2) is 24.3 Å². The van der Waals surface area contributed by atoms with Crippen molar-refractivity contribution in [2.45, 2.75) is 33.1 Å². The van der Waals surface area contributed by atoms with Gasteiger partial charge in [-0.1, -0.05) is 20.3 Å². The number of amides is 1. The van der Waals surface area contributed by atoms with Gasteiger partial charge < -0.3 is 10.6 Å². The topological polar surface area (TPSA) is 46.3 Å². The van der Waals surface area contributed by atoms with Crippen molar-refractivity contribution in [3.05, 3.63) is 29.8 Å². The van der Waals surface area contributed by atoms with Crippen molar-refractivity contribution in [3.63, 3.8) is 0 Å². The Morgan fingerprint density at radius 3 is 2.29 bits per heavy atom. The predicted molar refractivity (Wildman–Crippen MR) is 72.0 cm³/mol. The zero-order valence-corrected chi connectivity index (χ0v) is 10.8. The van der Waals surface area contributed by atoms with E-state index in [0.717, 1.165) is 37.9 Å². The molecule has 0 fully saturated rings. The molecule has 0 atom stereocenters. The second kappa shape index (κ2) is 6.94. The molecule has 1 amide bonds. The summed E-state index contributed by atoms with van der Waals surface area (Å²) < 4.78 is 0. The van der Waals surface area contributed by atoms with Gasteiger partial charge in [0.15, 0.2) is 0 Å². The fourth-order valence-electron chi connectivity index (χ4n) is 1.74. The average Bonchev–Trinajstić information content (AvgIpc) is 2.34. The molecular weight excluding hydrogens is 212 g/mol. The van der Waals surface area contributed by atoms with E-state index >= 15 is 0 Å². The molecule has 0 saturated heterocycles. The van der Waals surface area contributed by atoms with Crippen molar-refractivity contribution < 1.29 is 4.79 Å². The molecule has 0 aliphatic heterocycles. The average molecular weight is 234 g/mol. The lowest BCUT2D eigenvalue weighted by Gasteiger charge is -2.22. The molecule has 3 nitrogen and oxygen atoms in total. The summed E-state index contributed by atoms with van der Waals surface area (Å²) in [5.41, 5.74) is 7.03. The lowest BCUT2D eigenvalue weighted by Crippen LogP contribution is -2.32. The first-order chi connectivity index (χ1) is 8.19. The van der Waals surface area contributed by atoms with Gasteiger partial charge in [-0.15, -0.1) is 0 Å². The van der Waals surface area contributed by atoms with Gasteiger partial charge in [0.1, 0.15) is 0 Å². The minimum atomic E-state index is 0.111. The number of anilines is 1. The third kappa shape index (κ3) is 4.10. The van der Waals surface area contributed by atoms with Crippen LogP contribution in [0.1, 0.15) is 43.5 Å². The van der Waals surface area contributed by atoms with Crippen LogP contribution in [0.25, 0.3) is 0 Å². The molecule has 94 valence electrons. The highest BCUT2D eigenvalue weighted by atomic mass is 16.2. The van der Waals surface area contributed by atoms with Crippen LogP contribution in [0.4, 0.5) is 5.69 Å². The number of hydrogen-bond donors (Lipinski definition) is 1. The third-order valence-electron chi connectivity index (χ3n) is 2.72. The standard InChI is InChI=1S/C14H22N2O/c1-3-5-11-16(10-4-2)14(17)12-6-8-13(15)9-7-12/h6-9H,3-5,10-11,15H2,1-2H3. The van der Waals surface area contributed by atoms with Crippen LogP contribution in [0.2, 0.25) is 0 Å². The zero-order chi connectivity index (χ0) is 12.7. The predicted octanol–water partition coefficient (Wildman–Crippen LogP) is 2.92. The van der Waals surface area contributed by atoms with Gasteiger partial charge in [0, 0.05) is 24.3 Å². The molecule has 0 aliphatic rings. The van der Waals surface area contributed by atoms with Gasteiger partial charge in [0.25, 0.3) is 5.91 Å². The number of carbonyl (C=O) groups is 1. The van der Waals surface area contributed by atoms with Gasteiger partial charge in [-0.2, -0.15) is 0 Å². The molecule has 0 bridgehead atoms. The Morgan fingerprint density at radius 1 is 1.12 bits per heavy atom. The van der Waals surface area contributed by atoms with E-state index in [4.69, 9.17) is 5.73 Å². The van der Waals surface area contributed by atoms with E-state index in [1.807, 2.05) is 4.90 Å². The van der Waals surface area contributed by atoms with E-state index < -0.39 is 0 Å². The van der Waals surface area contributed by atoms with Gasteiger partial charge >= 0.3 is 0 Å². The largest absolute Gasteiger partial charge is 0.399 e. The van der Waals surface area contributed by atoms with Gasteiger partial charge in [-0.25, -0.2) is 0 Å². The van der Waals surface area contributed by atoms with Crippen molar-refractivity contribution in [2.24, 2.45) is 0 Å². The molecule has 1 rings (SSSR count). The summed E-state index contributed by atoms with van der Waals surface area (Å²) in [6.45, 7) is 5.89. The summed E-state index contributed by atoms with van der Waals surface area (Å²) in [4.78, 5) is 14.2. The van der Waals surface area contributed by atoms with Crippen molar-refractivity contribution in [1.29, 1.82) is 0 Å². The maximum Gasteiger partial charge on any atom is 0.253 e. The maximum atomic E-state index is 12.2. The van der Waals surface area contributed by atoms with Gasteiger partial charge in [-0.3, -0.25) is 4.79 Å². The summed E-state index contributed by atoms with van der Waals surface area (Å²) in [5.74, 6) is 0.111. The van der Waals surface area contributed by atoms with E-state index in [1.165, 1.54) is 0 Å². The Hall–Kier alpha value is -1.51. The van der Waals surface area contributed by atoms with E-state index in [2.05, 4.69) is 13.8 Å². The SMILES string of the molecule is CCCCN(CCC)C(=O)c1ccc(N)cc1. The number of nitrogens with two attached hydrogens (primary N) is 1. The van der Waals surface area contributed by atoms with Crippen LogP contribution in [-0.2, 0) is 0 Å². The number of carbonyl (C=O) groups excluding carboxylic acids is 1. The second-order valence-corrected chi connectivity index (χ2v) is 4.27. The summed E-state index contributed by atoms with van der Waals surface area (Å²) in [5, 5.41) is 0. The van der Waals surface area contributed by atoms with E-state index in [9.17, 15) is 4.79 Å². The Kier molecular flexibility index (Phi) is 5.53. The van der Waals surface area contributed by atoms with E-state index in [-0.39, 0.29) is 5.91 Å². The quantitative estimate of drug-likeness (QED) is 0.769. The molecule has 0 spiro atoms. The van der Waals surface area contributed by atoms with Gasteiger partial charge in [0.05, 0.1) is 0 Å². The molecule has 0 heterocycles. The van der Waals surface area contributed by atoms with Crippen LogP contribution >= 0.6 is 0 Å². The van der Waals surface area contributed by atoms with Gasteiger partial charge in [0.2, 0.25) is 0 Å². The molecular formula is C14H22N2O. The number of benzene rings is 1. The maximum absolute atomic E-state index is 12.2. The molecule has 1 aromatic carbocycles. The normalized spacial score (nSPS) is 10.2. The lowest BCUT2D eigenvalue weighted by molar-refractivity contribution is 0.0753. The minimum Gasteiger partial charge on any atom is -0.399 e. The lowest BCUT2D eigenvalue weighted by atomic mass is 10.1. The van der Waals surface area contributed by atoms with Crippen molar-refractivity contribution in [3.8, 4) is 0 Å². The minimum absolute atomic E-state index is 0.111. The molecule has 17 heavy (non-hydrogen) atoms. The highest BCUT2D eigenvalue weighted by molar-refractivity contribution is 5.94. The highest BCUT2D eigenvalue weighted by Gasteiger charge is 2.13. The van der Waals surface area contributed by atoms with Crippen LogP contribution in [-0.4, -0.2) is 23.9 Å². The smallest absolute Gasteiger partial charge is 0.253 e. The fraction of sp³-hybridized carbons (Fsp3) is 0.500. The van der Waals surface area contributed by atoms with Crippen molar-refractivity contribution in [1.82, 2.24) is 4.90 Å². The molecule has 0 radical (unpaired) electrons. The number of nitrogen functional groups attached to an aromatic ring is 1. The van der Waals surface area contributed by atoms with E-state index in [1.54, 1.807) is 24.3 Å². The van der Waals surface area contributed by atoms with Crippen molar-refractivity contribution >= 4 is 11.6 Å². The molecule has 0 aromatic heterocycles. The van der Waals surface area contributed by atoms with Crippen molar-refractivity contribution in [2.75, 3.05) is 18.8 Å². The number of rotatable bonds is 6. The first kappa shape index (κ1) is 13.6. The molecule has 0 aliphatic carbocycles. The molecule has 1 aromatic rings. The third-order valence-corrected chi connectivity index (χ3v) is 2.72. The monoisotopic (exact) mass is 234 g/mol. The first-order valence-corrected chi connectivity index (χ1v) is 6.33.